The van der Waals surface area contributed by atoms with Gasteiger partial charge < -0.3 is 10.4 Å². The monoisotopic (exact) mass is 191 g/mol. The number of nitrogens with one attached hydrogen (secondary N) is 1. The largest absolute Gasteiger partial charge is 0.508 e. The number of hydrogen-bond donors (Lipinski definition) is 2. The maximum atomic E-state index is 11.5. The third-order valence-electron chi connectivity index (χ3n) is 2.53. The van der Waals surface area contributed by atoms with Gasteiger partial charge in [0.25, 0.3) is 5.91 Å². The van der Waals surface area contributed by atoms with E-state index >= 15 is 0 Å². The molecule has 3 heteroatoms. The molecule has 3 nitrogen and oxygen atoms in total. The highest BCUT2D eigenvalue weighted by atomic mass is 16.3. The lowest BCUT2D eigenvalue weighted by molar-refractivity contribution is 0.0961. The lowest BCUT2D eigenvalue weighted by Crippen LogP contribution is -2.19. The van der Waals surface area contributed by atoms with Crippen LogP contribution in [0.5, 0.6) is 5.75 Å². The van der Waals surface area contributed by atoms with Gasteiger partial charge in [0.1, 0.15) is 5.75 Å². The predicted molar refractivity (Wildman–Crippen MR) is 53.5 cm³/mol. The zero-order valence-electron chi connectivity index (χ0n) is 8.08. The van der Waals surface area contributed by atoms with Gasteiger partial charge in [-0.3, -0.25) is 4.79 Å². The molecule has 1 aromatic rings. The highest BCUT2D eigenvalue weighted by molar-refractivity contribution is 5.96. The smallest absolute Gasteiger partial charge is 0.251 e. The quantitative estimate of drug-likeness (QED) is 0.746. The molecule has 0 radical (unpaired) electrons. The number of rotatable bonds is 2. The number of carbonyl (C=O) groups is 1. The van der Waals surface area contributed by atoms with Crippen molar-refractivity contribution in [2.45, 2.75) is 18.8 Å². The zero-order chi connectivity index (χ0) is 10.1. The maximum Gasteiger partial charge on any atom is 0.251 e. The average Bonchev–Trinajstić information content (AvgIpc) is 3.00. The molecule has 1 aliphatic carbocycles. The van der Waals surface area contributed by atoms with Gasteiger partial charge >= 0.3 is 0 Å². The van der Waals surface area contributed by atoms with E-state index in [2.05, 4.69) is 5.32 Å². The molecule has 2 N–H and O–H groups in total. The van der Waals surface area contributed by atoms with Gasteiger partial charge in [-0.2, -0.15) is 0 Å². The first-order valence-corrected chi connectivity index (χ1v) is 4.77. The van der Waals surface area contributed by atoms with Crippen molar-refractivity contribution >= 4 is 5.91 Å². The molecule has 1 aliphatic rings. The van der Waals surface area contributed by atoms with Crippen LogP contribution in [0.3, 0.4) is 0 Å². The molecule has 0 spiro atoms. The summed E-state index contributed by atoms with van der Waals surface area (Å²) >= 11 is 0. The molecular weight excluding hydrogens is 178 g/mol. The van der Waals surface area contributed by atoms with Gasteiger partial charge in [0.2, 0.25) is 0 Å². The Morgan fingerprint density at radius 1 is 1.50 bits per heavy atom. The number of benzene rings is 1. The number of phenolic OH excluding ortho intramolecular Hbond substituents is 1. The first-order chi connectivity index (χ1) is 6.72. The summed E-state index contributed by atoms with van der Waals surface area (Å²) in [5.74, 6) is 0.540. The second-order valence-electron chi connectivity index (χ2n) is 3.62. The van der Waals surface area contributed by atoms with Crippen molar-refractivity contribution in [1.82, 2.24) is 5.32 Å². The Morgan fingerprint density at radius 2 is 2.21 bits per heavy atom. The molecule has 2 rings (SSSR count). The third kappa shape index (κ3) is 1.58. The molecule has 0 heterocycles. The van der Waals surface area contributed by atoms with Crippen LogP contribution in [0.15, 0.2) is 18.2 Å². The number of carbonyl (C=O) groups excluding carboxylic acids is 1. The van der Waals surface area contributed by atoms with Gasteiger partial charge in [-0.1, -0.05) is 6.07 Å². The highest BCUT2D eigenvalue weighted by Gasteiger charge is 2.27. The first-order valence-electron chi connectivity index (χ1n) is 4.77. The Labute approximate surface area is 82.8 Å². The fourth-order valence-electron chi connectivity index (χ4n) is 1.63. The van der Waals surface area contributed by atoms with Crippen molar-refractivity contribution in [1.29, 1.82) is 0 Å². The Morgan fingerprint density at radius 3 is 2.79 bits per heavy atom. The molecule has 0 aromatic heterocycles. The van der Waals surface area contributed by atoms with E-state index in [-0.39, 0.29) is 11.7 Å². The molecular formula is C11H13NO2. The lowest BCUT2D eigenvalue weighted by atomic mass is 10.0. The summed E-state index contributed by atoms with van der Waals surface area (Å²) in [6, 6.07) is 5.02. The average molecular weight is 191 g/mol. The summed E-state index contributed by atoms with van der Waals surface area (Å²) < 4.78 is 0. The molecule has 14 heavy (non-hydrogen) atoms. The van der Waals surface area contributed by atoms with E-state index < -0.39 is 0 Å². The van der Waals surface area contributed by atoms with E-state index in [1.54, 1.807) is 13.1 Å². The van der Waals surface area contributed by atoms with Gasteiger partial charge in [-0.15, -0.1) is 0 Å². The number of amides is 1. The van der Waals surface area contributed by atoms with Crippen LogP contribution in [0.2, 0.25) is 0 Å². The van der Waals surface area contributed by atoms with Crippen LogP contribution in [-0.4, -0.2) is 18.1 Å². The van der Waals surface area contributed by atoms with Crippen LogP contribution in [-0.2, 0) is 0 Å². The lowest BCUT2D eigenvalue weighted by Gasteiger charge is -2.07. The van der Waals surface area contributed by atoms with E-state index in [0.29, 0.717) is 11.5 Å². The SMILES string of the molecule is CNC(=O)c1cc(O)ccc1C1CC1. The van der Waals surface area contributed by atoms with Gasteiger partial charge in [0.15, 0.2) is 0 Å². The van der Waals surface area contributed by atoms with E-state index in [4.69, 9.17) is 0 Å². The van der Waals surface area contributed by atoms with Gasteiger partial charge in [-0.25, -0.2) is 0 Å². The van der Waals surface area contributed by atoms with Gasteiger partial charge in [0, 0.05) is 12.6 Å². The normalized spacial score (nSPS) is 15.2. The minimum Gasteiger partial charge on any atom is -0.508 e. The number of aromatic hydroxyl groups is 1. The Balaban J connectivity index is 2.42. The molecule has 0 unspecified atom stereocenters. The van der Waals surface area contributed by atoms with Crippen molar-refractivity contribution < 1.29 is 9.90 Å². The fourth-order valence-corrected chi connectivity index (χ4v) is 1.63. The van der Waals surface area contributed by atoms with Crippen molar-refractivity contribution in [3.63, 3.8) is 0 Å². The van der Waals surface area contributed by atoms with Crippen LogP contribution >= 0.6 is 0 Å². The number of hydrogen-bond acceptors (Lipinski definition) is 2. The molecule has 1 saturated carbocycles. The molecule has 74 valence electrons. The molecule has 0 atom stereocenters. The fraction of sp³-hybridized carbons (Fsp3) is 0.364. The van der Waals surface area contributed by atoms with Crippen LogP contribution in [0.1, 0.15) is 34.7 Å². The molecule has 1 fully saturated rings. The van der Waals surface area contributed by atoms with Crippen LogP contribution in [0.4, 0.5) is 0 Å². The van der Waals surface area contributed by atoms with Crippen LogP contribution in [0, 0.1) is 0 Å². The van der Waals surface area contributed by atoms with Crippen molar-refractivity contribution in [2.24, 2.45) is 0 Å². The minimum absolute atomic E-state index is 0.122. The second kappa shape index (κ2) is 3.33. The topological polar surface area (TPSA) is 49.3 Å². The summed E-state index contributed by atoms with van der Waals surface area (Å²) in [5, 5.41) is 11.9. The van der Waals surface area contributed by atoms with Gasteiger partial charge in [0.05, 0.1) is 0 Å². The van der Waals surface area contributed by atoms with Crippen molar-refractivity contribution in [3.8, 4) is 5.75 Å². The summed E-state index contributed by atoms with van der Waals surface area (Å²) in [7, 11) is 1.60. The Kier molecular flexibility index (Phi) is 2.15. The summed E-state index contributed by atoms with van der Waals surface area (Å²) in [6.45, 7) is 0. The van der Waals surface area contributed by atoms with E-state index in [1.165, 1.54) is 6.07 Å². The predicted octanol–water partition coefficient (Wildman–Crippen LogP) is 1.63. The van der Waals surface area contributed by atoms with E-state index in [1.807, 2.05) is 6.07 Å². The molecule has 1 amide bonds. The summed E-state index contributed by atoms with van der Waals surface area (Å²) in [6.07, 6.45) is 2.30. The zero-order valence-corrected chi connectivity index (χ0v) is 8.08. The van der Waals surface area contributed by atoms with Gasteiger partial charge in [-0.05, 0) is 36.5 Å². The Bertz CT molecular complexity index is 370. The standard InChI is InChI=1S/C11H13NO2/c1-12-11(14)10-6-8(13)4-5-9(10)7-2-3-7/h4-7,13H,2-3H2,1H3,(H,12,14). The van der Waals surface area contributed by atoms with E-state index in [0.717, 1.165) is 18.4 Å². The van der Waals surface area contributed by atoms with Crippen molar-refractivity contribution in [2.75, 3.05) is 7.05 Å². The maximum absolute atomic E-state index is 11.5. The molecule has 1 aromatic carbocycles. The van der Waals surface area contributed by atoms with Crippen LogP contribution in [0.25, 0.3) is 0 Å². The molecule has 0 bridgehead atoms. The minimum atomic E-state index is -0.122. The van der Waals surface area contributed by atoms with Crippen molar-refractivity contribution in [3.05, 3.63) is 29.3 Å². The number of phenols is 1. The molecule has 0 saturated heterocycles. The van der Waals surface area contributed by atoms with E-state index in [9.17, 15) is 9.90 Å². The molecule has 0 aliphatic heterocycles. The summed E-state index contributed by atoms with van der Waals surface area (Å²) in [5.41, 5.74) is 1.66. The second-order valence-corrected chi connectivity index (χ2v) is 3.62. The summed E-state index contributed by atoms with van der Waals surface area (Å²) in [4.78, 5) is 11.5. The third-order valence-corrected chi connectivity index (χ3v) is 2.53. The first kappa shape index (κ1) is 9.06. The van der Waals surface area contributed by atoms with Crippen LogP contribution < -0.4 is 5.32 Å². The highest BCUT2D eigenvalue weighted by Crippen LogP contribution is 2.42. The Hall–Kier alpha value is -1.51.